The van der Waals surface area contributed by atoms with E-state index in [4.69, 9.17) is 9.78 Å². The molecule has 2 atom stereocenters. The quantitative estimate of drug-likeness (QED) is 0.641. The first-order valence-electron chi connectivity index (χ1n) is 9.29. The first-order chi connectivity index (χ1) is 13.9. The molecule has 1 N–H and O–H groups in total. The molecule has 2 aromatic carbocycles. The summed E-state index contributed by atoms with van der Waals surface area (Å²) in [6.45, 7) is 5.24. The zero-order valence-corrected chi connectivity index (χ0v) is 16.5. The van der Waals surface area contributed by atoms with Gasteiger partial charge in [-0.3, -0.25) is 9.59 Å². The van der Waals surface area contributed by atoms with Gasteiger partial charge >= 0.3 is 0 Å². The monoisotopic (exact) mass is 387 g/mol. The summed E-state index contributed by atoms with van der Waals surface area (Å²) in [7, 11) is 0. The number of nitrogens with one attached hydrogen (secondary N) is 1. The van der Waals surface area contributed by atoms with Gasteiger partial charge in [0.1, 0.15) is 17.0 Å². The summed E-state index contributed by atoms with van der Waals surface area (Å²) in [6.07, 6.45) is 0. The Hall–Kier alpha value is -3.72. The van der Waals surface area contributed by atoms with E-state index in [1.807, 2.05) is 36.4 Å². The van der Waals surface area contributed by atoms with Crippen molar-refractivity contribution in [3.8, 4) is 17.3 Å². The van der Waals surface area contributed by atoms with Gasteiger partial charge < -0.3 is 9.84 Å². The molecule has 1 heterocycles. The molecule has 0 aliphatic carbocycles. The summed E-state index contributed by atoms with van der Waals surface area (Å²) in [5.74, 6) is -0.478. The number of carbonyl (C=O) groups excluding carboxylic acids is 2. The SMILES string of the molecule is Cc1onc(-c2ccccc2)c1C(=O)NC(C)C(C)C(=O)c1ccc(C#N)cc1. The van der Waals surface area contributed by atoms with Gasteiger partial charge in [-0.2, -0.15) is 5.26 Å². The Morgan fingerprint density at radius 1 is 1.07 bits per heavy atom. The molecule has 0 spiro atoms. The average molecular weight is 387 g/mol. The Morgan fingerprint density at radius 3 is 2.34 bits per heavy atom. The van der Waals surface area contributed by atoms with Crippen molar-refractivity contribution >= 4 is 11.7 Å². The van der Waals surface area contributed by atoms with E-state index in [0.29, 0.717) is 28.1 Å². The fourth-order valence-electron chi connectivity index (χ4n) is 3.04. The lowest BCUT2D eigenvalue weighted by Crippen LogP contribution is -2.40. The van der Waals surface area contributed by atoms with Crippen LogP contribution in [0, 0.1) is 24.2 Å². The summed E-state index contributed by atoms with van der Waals surface area (Å²) in [5, 5.41) is 15.8. The van der Waals surface area contributed by atoms with Gasteiger partial charge in [0.15, 0.2) is 5.78 Å². The van der Waals surface area contributed by atoms with Crippen LogP contribution in [-0.2, 0) is 0 Å². The second-order valence-electron chi connectivity index (χ2n) is 6.93. The number of rotatable bonds is 6. The standard InChI is InChI=1S/C23H21N3O3/c1-14(22(27)19-11-9-17(13-24)10-12-19)15(2)25-23(28)20-16(3)29-26-21(20)18-7-5-4-6-8-18/h4-12,14-15H,1-3H3,(H,25,28). The van der Waals surface area contributed by atoms with Gasteiger partial charge in [0, 0.05) is 23.1 Å². The second kappa shape index (κ2) is 8.53. The number of benzene rings is 2. The van der Waals surface area contributed by atoms with Crippen molar-refractivity contribution in [3.05, 3.63) is 77.0 Å². The highest BCUT2D eigenvalue weighted by molar-refractivity contribution is 6.02. The van der Waals surface area contributed by atoms with Gasteiger partial charge in [-0.15, -0.1) is 0 Å². The minimum atomic E-state index is -0.452. The smallest absolute Gasteiger partial charge is 0.257 e. The molecule has 3 aromatic rings. The van der Waals surface area contributed by atoms with Gasteiger partial charge in [0.05, 0.1) is 11.6 Å². The highest BCUT2D eigenvalue weighted by Gasteiger charge is 2.27. The maximum Gasteiger partial charge on any atom is 0.257 e. The number of amides is 1. The molecular formula is C23H21N3O3. The molecule has 146 valence electrons. The van der Waals surface area contributed by atoms with Gasteiger partial charge in [-0.1, -0.05) is 54.5 Å². The Bertz CT molecular complexity index is 1060. The van der Waals surface area contributed by atoms with Crippen LogP contribution >= 0.6 is 0 Å². The normalized spacial score (nSPS) is 12.6. The van der Waals surface area contributed by atoms with Crippen molar-refractivity contribution in [2.45, 2.75) is 26.8 Å². The van der Waals surface area contributed by atoms with Crippen LogP contribution in [0.25, 0.3) is 11.3 Å². The Kier molecular flexibility index (Phi) is 5.89. The van der Waals surface area contributed by atoms with Crippen molar-refractivity contribution < 1.29 is 14.1 Å². The first kappa shape index (κ1) is 20.0. The number of aryl methyl sites for hydroxylation is 1. The summed E-state index contributed by atoms with van der Waals surface area (Å²) in [5.41, 5.74) is 2.61. The molecular weight excluding hydrogens is 366 g/mol. The molecule has 3 rings (SSSR count). The lowest BCUT2D eigenvalue weighted by atomic mass is 9.92. The number of hydrogen-bond acceptors (Lipinski definition) is 5. The summed E-state index contributed by atoms with van der Waals surface area (Å²) in [6, 6.07) is 17.4. The van der Waals surface area contributed by atoms with Crippen LogP contribution in [-0.4, -0.2) is 22.9 Å². The fourth-order valence-corrected chi connectivity index (χ4v) is 3.04. The van der Waals surface area contributed by atoms with E-state index in [1.54, 1.807) is 45.0 Å². The summed E-state index contributed by atoms with van der Waals surface area (Å²) >= 11 is 0. The number of carbonyl (C=O) groups is 2. The largest absolute Gasteiger partial charge is 0.360 e. The van der Waals surface area contributed by atoms with E-state index in [-0.39, 0.29) is 11.7 Å². The van der Waals surface area contributed by atoms with E-state index in [9.17, 15) is 9.59 Å². The predicted octanol–water partition coefficient (Wildman–Crippen LogP) is 4.16. The fraction of sp³-hybridized carbons (Fsp3) is 0.217. The first-order valence-corrected chi connectivity index (χ1v) is 9.29. The van der Waals surface area contributed by atoms with Gasteiger partial charge in [0.25, 0.3) is 5.91 Å². The topological polar surface area (TPSA) is 96.0 Å². The van der Waals surface area contributed by atoms with Crippen LogP contribution in [0.1, 0.15) is 45.9 Å². The zero-order valence-electron chi connectivity index (χ0n) is 16.5. The number of hydrogen-bond donors (Lipinski definition) is 1. The summed E-state index contributed by atoms with van der Waals surface area (Å²) in [4.78, 5) is 25.7. The second-order valence-corrected chi connectivity index (χ2v) is 6.93. The number of aromatic nitrogens is 1. The van der Waals surface area contributed by atoms with E-state index in [1.165, 1.54) is 0 Å². The van der Waals surface area contributed by atoms with Crippen molar-refractivity contribution in [2.24, 2.45) is 5.92 Å². The number of Topliss-reactive ketones (excluding diaryl/α,β-unsaturated/α-hetero) is 1. The van der Waals surface area contributed by atoms with Gasteiger partial charge in [-0.25, -0.2) is 0 Å². The van der Waals surface area contributed by atoms with Crippen LogP contribution in [0.4, 0.5) is 0 Å². The van der Waals surface area contributed by atoms with Crippen molar-refractivity contribution in [1.82, 2.24) is 10.5 Å². The highest BCUT2D eigenvalue weighted by Crippen LogP contribution is 2.25. The van der Waals surface area contributed by atoms with Crippen LogP contribution in [0.2, 0.25) is 0 Å². The molecule has 1 aromatic heterocycles. The number of nitrogens with zero attached hydrogens (tertiary/aromatic N) is 2. The molecule has 2 unspecified atom stereocenters. The molecule has 0 saturated heterocycles. The Morgan fingerprint density at radius 2 is 1.72 bits per heavy atom. The van der Waals surface area contributed by atoms with E-state index in [0.717, 1.165) is 5.56 Å². The van der Waals surface area contributed by atoms with Crippen molar-refractivity contribution in [1.29, 1.82) is 5.26 Å². The average Bonchev–Trinajstić information content (AvgIpc) is 3.14. The molecule has 0 aliphatic heterocycles. The van der Waals surface area contributed by atoms with Crippen LogP contribution < -0.4 is 5.32 Å². The molecule has 1 amide bonds. The highest BCUT2D eigenvalue weighted by atomic mass is 16.5. The van der Waals surface area contributed by atoms with E-state index >= 15 is 0 Å². The maximum atomic E-state index is 12.9. The Balaban J connectivity index is 1.76. The third-order valence-corrected chi connectivity index (χ3v) is 4.96. The van der Waals surface area contributed by atoms with Gasteiger partial charge in [-0.05, 0) is 26.0 Å². The molecule has 29 heavy (non-hydrogen) atoms. The van der Waals surface area contributed by atoms with Crippen LogP contribution in [0.3, 0.4) is 0 Å². The van der Waals surface area contributed by atoms with Crippen molar-refractivity contribution in [2.75, 3.05) is 0 Å². The zero-order chi connectivity index (χ0) is 21.0. The van der Waals surface area contributed by atoms with Gasteiger partial charge in [0.2, 0.25) is 0 Å². The van der Waals surface area contributed by atoms with Crippen molar-refractivity contribution in [3.63, 3.8) is 0 Å². The van der Waals surface area contributed by atoms with E-state index < -0.39 is 12.0 Å². The molecule has 0 fully saturated rings. The number of ketones is 1. The lowest BCUT2D eigenvalue weighted by Gasteiger charge is -2.20. The molecule has 0 bridgehead atoms. The summed E-state index contributed by atoms with van der Waals surface area (Å²) < 4.78 is 5.25. The molecule has 0 saturated carbocycles. The Labute approximate surface area is 169 Å². The maximum absolute atomic E-state index is 12.9. The third-order valence-electron chi connectivity index (χ3n) is 4.96. The van der Waals surface area contributed by atoms with Crippen LogP contribution in [0.5, 0.6) is 0 Å². The molecule has 0 aliphatic rings. The minimum absolute atomic E-state index is 0.104. The van der Waals surface area contributed by atoms with Crippen LogP contribution in [0.15, 0.2) is 59.1 Å². The predicted molar refractivity (Wildman–Crippen MR) is 108 cm³/mol. The minimum Gasteiger partial charge on any atom is -0.360 e. The molecule has 6 heteroatoms. The number of nitriles is 1. The third kappa shape index (κ3) is 4.25. The molecule has 6 nitrogen and oxygen atoms in total. The molecule has 0 radical (unpaired) electrons. The lowest BCUT2D eigenvalue weighted by molar-refractivity contribution is 0.0868. The van der Waals surface area contributed by atoms with E-state index in [2.05, 4.69) is 10.5 Å².